The highest BCUT2D eigenvalue weighted by Gasteiger charge is 2.35. The van der Waals surface area contributed by atoms with E-state index in [4.69, 9.17) is 16.6 Å². The standard InChI is InChI=1S/C20H16ClF3N3/c1-27(17-9-7-16(21)8-10-17)12-2-11-26-13-18(25-19(26)27)14-3-5-15(6-4-14)20(22,23)24/h2-10,12-13H,11H2,1H3/q+1. The highest BCUT2D eigenvalue weighted by molar-refractivity contribution is 6.30. The Balaban J connectivity index is 1.74. The molecule has 0 saturated heterocycles. The maximum Gasteiger partial charge on any atom is 0.416 e. The Morgan fingerprint density at radius 1 is 1.04 bits per heavy atom. The average Bonchev–Trinajstić information content (AvgIpc) is 3.08. The minimum absolute atomic E-state index is 0.345. The largest absolute Gasteiger partial charge is 0.416 e. The number of aromatic nitrogens is 2. The van der Waals surface area contributed by atoms with E-state index in [2.05, 4.69) is 0 Å². The fraction of sp³-hybridized carbons (Fsp3) is 0.150. The number of nitrogens with zero attached hydrogens (tertiary/aromatic N) is 3. The van der Waals surface area contributed by atoms with Crippen molar-refractivity contribution in [3.05, 3.63) is 77.6 Å². The van der Waals surface area contributed by atoms with Gasteiger partial charge in [0, 0.05) is 28.9 Å². The van der Waals surface area contributed by atoms with E-state index >= 15 is 0 Å². The van der Waals surface area contributed by atoms with E-state index < -0.39 is 11.7 Å². The van der Waals surface area contributed by atoms with Gasteiger partial charge in [0.25, 0.3) is 0 Å². The molecule has 0 amide bonds. The molecule has 0 spiro atoms. The summed E-state index contributed by atoms with van der Waals surface area (Å²) in [6, 6.07) is 12.6. The van der Waals surface area contributed by atoms with E-state index in [1.165, 1.54) is 12.1 Å². The summed E-state index contributed by atoms with van der Waals surface area (Å²) in [6.07, 6.45) is 1.61. The first-order chi connectivity index (χ1) is 12.8. The molecular weight excluding hydrogens is 375 g/mol. The first-order valence-corrected chi connectivity index (χ1v) is 8.70. The van der Waals surface area contributed by atoms with Crippen LogP contribution in [0.4, 0.5) is 24.8 Å². The van der Waals surface area contributed by atoms with Gasteiger partial charge in [-0.2, -0.15) is 18.2 Å². The number of hydrogen-bond acceptors (Lipinski definition) is 1. The molecule has 27 heavy (non-hydrogen) atoms. The molecule has 0 N–H and O–H groups in total. The Kier molecular flexibility index (Phi) is 4.13. The van der Waals surface area contributed by atoms with Crippen LogP contribution in [0.5, 0.6) is 0 Å². The summed E-state index contributed by atoms with van der Waals surface area (Å²) < 4.78 is 40.7. The van der Waals surface area contributed by atoms with Gasteiger partial charge in [-0.25, -0.2) is 4.48 Å². The molecule has 0 radical (unpaired) electrons. The number of rotatable bonds is 2. The lowest BCUT2D eigenvalue weighted by Gasteiger charge is -2.30. The number of quaternary nitrogens is 1. The lowest BCUT2D eigenvalue weighted by Crippen LogP contribution is -2.38. The van der Waals surface area contributed by atoms with Crippen LogP contribution in [0, 0.1) is 0 Å². The summed E-state index contributed by atoms with van der Waals surface area (Å²) in [5.41, 5.74) is 1.60. The number of benzene rings is 2. The highest BCUT2D eigenvalue weighted by Crippen LogP contribution is 2.38. The van der Waals surface area contributed by atoms with Gasteiger partial charge in [-0.1, -0.05) is 23.7 Å². The van der Waals surface area contributed by atoms with Gasteiger partial charge >= 0.3 is 12.1 Å². The SMILES string of the molecule is C[N+]1(c2ccc(Cl)cc2)C=CCn2cc(-c3ccc(C(F)(F)F)cc3)nc21. The number of hydrogen-bond donors (Lipinski definition) is 0. The summed E-state index contributed by atoms with van der Waals surface area (Å²) in [7, 11) is 2.01. The van der Waals surface area contributed by atoms with Crippen LogP contribution in [-0.2, 0) is 12.7 Å². The summed E-state index contributed by atoms with van der Waals surface area (Å²) in [5, 5.41) is 0.653. The van der Waals surface area contributed by atoms with Crippen molar-refractivity contribution < 1.29 is 13.2 Å². The molecule has 0 bridgehead atoms. The molecule has 0 aliphatic carbocycles. The zero-order valence-corrected chi connectivity index (χ0v) is 15.2. The van der Waals surface area contributed by atoms with E-state index in [0.29, 0.717) is 27.3 Å². The van der Waals surface area contributed by atoms with Gasteiger partial charge in [0.1, 0.15) is 11.9 Å². The van der Waals surface area contributed by atoms with Crippen molar-refractivity contribution in [1.82, 2.24) is 14.0 Å². The topological polar surface area (TPSA) is 17.8 Å². The average molecular weight is 391 g/mol. The monoisotopic (exact) mass is 390 g/mol. The van der Waals surface area contributed by atoms with Crippen molar-refractivity contribution >= 4 is 23.2 Å². The van der Waals surface area contributed by atoms with Crippen LogP contribution in [0.2, 0.25) is 5.02 Å². The maximum atomic E-state index is 12.8. The quantitative estimate of drug-likeness (QED) is 0.489. The molecule has 138 valence electrons. The Morgan fingerprint density at radius 3 is 2.33 bits per heavy atom. The molecule has 1 aliphatic rings. The van der Waals surface area contributed by atoms with E-state index in [0.717, 1.165) is 23.8 Å². The van der Waals surface area contributed by atoms with Gasteiger partial charge < -0.3 is 0 Å². The smallest absolute Gasteiger partial charge is 0.280 e. The minimum Gasteiger partial charge on any atom is -0.280 e. The van der Waals surface area contributed by atoms with Crippen molar-refractivity contribution in [2.45, 2.75) is 12.7 Å². The number of allylic oxidation sites excluding steroid dienone is 1. The summed E-state index contributed by atoms with van der Waals surface area (Å²) >= 11 is 6.00. The van der Waals surface area contributed by atoms with Gasteiger partial charge in [0.05, 0.1) is 24.8 Å². The predicted molar refractivity (Wildman–Crippen MR) is 101 cm³/mol. The molecule has 4 rings (SSSR count). The Bertz CT molecular complexity index is 1000. The molecule has 1 aliphatic heterocycles. The normalized spacial score (nSPS) is 19.1. The third-order valence-electron chi connectivity index (χ3n) is 4.75. The first-order valence-electron chi connectivity index (χ1n) is 8.33. The van der Waals surface area contributed by atoms with Crippen LogP contribution in [-0.4, -0.2) is 16.6 Å². The minimum atomic E-state index is -4.35. The van der Waals surface area contributed by atoms with Crippen molar-refractivity contribution in [2.75, 3.05) is 7.05 Å². The molecular formula is C20H16ClF3N3+. The molecule has 7 heteroatoms. The Labute approximate surface area is 159 Å². The van der Waals surface area contributed by atoms with E-state index in [-0.39, 0.29) is 0 Å². The second-order valence-electron chi connectivity index (χ2n) is 6.59. The molecule has 3 nitrogen and oxygen atoms in total. The van der Waals surface area contributed by atoms with E-state index in [9.17, 15) is 13.2 Å². The van der Waals surface area contributed by atoms with E-state index in [1.54, 1.807) is 0 Å². The molecule has 0 saturated carbocycles. The maximum absolute atomic E-state index is 12.8. The Morgan fingerprint density at radius 2 is 1.70 bits per heavy atom. The summed E-state index contributed by atoms with van der Waals surface area (Å²) in [4.78, 5) is 4.73. The summed E-state index contributed by atoms with van der Waals surface area (Å²) in [6.45, 7) is 0.657. The van der Waals surface area contributed by atoms with Crippen molar-refractivity contribution in [2.24, 2.45) is 0 Å². The van der Waals surface area contributed by atoms with Crippen molar-refractivity contribution in [1.29, 1.82) is 0 Å². The molecule has 1 unspecified atom stereocenters. The van der Waals surface area contributed by atoms with Gasteiger partial charge in [0.15, 0.2) is 0 Å². The number of halogens is 4. The van der Waals surface area contributed by atoms with Crippen LogP contribution in [0.1, 0.15) is 5.56 Å². The van der Waals surface area contributed by atoms with Gasteiger partial charge in [-0.05, 0) is 30.3 Å². The number of imidazole rings is 1. The number of alkyl halides is 3. The van der Waals surface area contributed by atoms with Crippen molar-refractivity contribution in [3.63, 3.8) is 0 Å². The fourth-order valence-corrected chi connectivity index (χ4v) is 3.40. The van der Waals surface area contributed by atoms with Crippen LogP contribution >= 0.6 is 11.6 Å². The highest BCUT2D eigenvalue weighted by atomic mass is 35.5. The second-order valence-corrected chi connectivity index (χ2v) is 7.03. The lowest BCUT2D eigenvalue weighted by molar-refractivity contribution is -0.137. The fourth-order valence-electron chi connectivity index (χ4n) is 3.27. The second kappa shape index (κ2) is 6.25. The summed E-state index contributed by atoms with van der Waals surface area (Å²) in [5.74, 6) is 0.787. The van der Waals surface area contributed by atoms with Crippen LogP contribution < -0.4 is 4.48 Å². The van der Waals surface area contributed by atoms with Crippen LogP contribution in [0.25, 0.3) is 11.3 Å². The molecule has 2 aromatic carbocycles. The van der Waals surface area contributed by atoms with Gasteiger partial charge in [0.2, 0.25) is 0 Å². The predicted octanol–water partition coefficient (Wildman–Crippen LogP) is 6.02. The molecule has 1 atom stereocenters. The molecule has 1 aromatic heterocycles. The first kappa shape index (κ1) is 17.8. The molecule has 3 aromatic rings. The molecule has 2 heterocycles. The molecule has 0 fully saturated rings. The zero-order chi connectivity index (χ0) is 19.2. The Hall–Kier alpha value is -2.57. The van der Waals surface area contributed by atoms with Gasteiger partial charge in [-0.15, -0.1) is 0 Å². The van der Waals surface area contributed by atoms with Crippen LogP contribution in [0.15, 0.2) is 67.0 Å². The van der Waals surface area contributed by atoms with Crippen LogP contribution in [0.3, 0.4) is 0 Å². The van der Waals surface area contributed by atoms with Crippen molar-refractivity contribution in [3.8, 4) is 11.3 Å². The lowest BCUT2D eigenvalue weighted by atomic mass is 10.1. The number of fused-ring (bicyclic) bond motifs is 1. The zero-order valence-electron chi connectivity index (χ0n) is 14.4. The van der Waals surface area contributed by atoms with Gasteiger partial charge in [-0.3, -0.25) is 4.57 Å². The third kappa shape index (κ3) is 3.15. The third-order valence-corrected chi connectivity index (χ3v) is 5.00. The van der Waals surface area contributed by atoms with E-state index in [1.807, 2.05) is 54.4 Å².